The van der Waals surface area contributed by atoms with Gasteiger partial charge < -0.3 is 4.74 Å². The Bertz CT molecular complexity index is 759. The van der Waals surface area contributed by atoms with Gasteiger partial charge in [-0.3, -0.25) is 15.0 Å². The minimum Gasteiger partial charge on any atom is -0.483 e. The van der Waals surface area contributed by atoms with Gasteiger partial charge in [0, 0.05) is 23.7 Å². The van der Waals surface area contributed by atoms with Gasteiger partial charge in [-0.25, -0.2) is 4.98 Å². The smallest absolute Gasteiger partial charge is 0.264 e. The lowest BCUT2D eigenvalue weighted by molar-refractivity contribution is -0.118. The van der Waals surface area contributed by atoms with Crippen LogP contribution in [-0.4, -0.2) is 35.0 Å². The Morgan fingerprint density at radius 2 is 2.23 bits per heavy atom. The molecular formula is C20H27N3O2S. The van der Waals surface area contributed by atoms with Gasteiger partial charge in [0.05, 0.1) is 0 Å². The number of hydrogen-bond acceptors (Lipinski definition) is 5. The molecular weight excluding hydrogens is 346 g/mol. The molecule has 1 aliphatic heterocycles. The summed E-state index contributed by atoms with van der Waals surface area (Å²) >= 11 is 1.54. The van der Waals surface area contributed by atoms with Crippen molar-refractivity contribution in [3.05, 3.63) is 40.4 Å². The Balaban J connectivity index is 1.50. The van der Waals surface area contributed by atoms with Crippen LogP contribution in [-0.2, 0) is 11.3 Å². The van der Waals surface area contributed by atoms with E-state index in [-0.39, 0.29) is 12.5 Å². The second-order valence-electron chi connectivity index (χ2n) is 6.98. The first-order valence-electron chi connectivity index (χ1n) is 9.20. The van der Waals surface area contributed by atoms with Gasteiger partial charge in [-0.05, 0) is 57.4 Å². The van der Waals surface area contributed by atoms with Gasteiger partial charge >= 0.3 is 0 Å². The molecule has 5 nitrogen and oxygen atoms in total. The third-order valence-corrected chi connectivity index (χ3v) is 5.91. The average Bonchev–Trinajstić information content (AvgIpc) is 3.05. The third kappa shape index (κ3) is 4.83. The molecule has 3 rings (SSSR count). The van der Waals surface area contributed by atoms with Crippen LogP contribution in [0.2, 0.25) is 0 Å². The Kier molecular flexibility index (Phi) is 6.27. The number of anilines is 1. The SMILES string of the molecule is Cc1cccc(OCC(=O)Nc2ncc(CN3CCCCC3C)s2)c1C. The number of ether oxygens (including phenoxy) is 1. The lowest BCUT2D eigenvalue weighted by atomic mass is 10.0. The molecule has 1 fully saturated rings. The van der Waals surface area contributed by atoms with E-state index in [1.165, 1.54) is 24.1 Å². The first-order valence-corrected chi connectivity index (χ1v) is 10.0. The molecule has 2 aromatic rings. The van der Waals surface area contributed by atoms with E-state index in [2.05, 4.69) is 22.1 Å². The van der Waals surface area contributed by atoms with Crippen LogP contribution in [0.1, 0.15) is 42.2 Å². The van der Waals surface area contributed by atoms with Gasteiger partial charge in [-0.2, -0.15) is 0 Å². The van der Waals surface area contributed by atoms with Gasteiger partial charge in [-0.15, -0.1) is 11.3 Å². The van der Waals surface area contributed by atoms with Crippen LogP contribution >= 0.6 is 11.3 Å². The topological polar surface area (TPSA) is 54.5 Å². The fourth-order valence-corrected chi connectivity index (χ4v) is 4.06. The summed E-state index contributed by atoms with van der Waals surface area (Å²) in [6.45, 7) is 8.35. The monoisotopic (exact) mass is 373 g/mol. The number of piperidine rings is 1. The van der Waals surface area contributed by atoms with Crippen LogP contribution in [0.25, 0.3) is 0 Å². The zero-order chi connectivity index (χ0) is 18.5. The molecule has 0 saturated carbocycles. The van der Waals surface area contributed by atoms with Gasteiger partial charge in [0.15, 0.2) is 11.7 Å². The predicted molar refractivity (Wildman–Crippen MR) is 106 cm³/mol. The molecule has 6 heteroatoms. The van der Waals surface area contributed by atoms with Crippen molar-refractivity contribution in [2.24, 2.45) is 0 Å². The number of aryl methyl sites for hydroxylation is 1. The number of nitrogens with zero attached hydrogens (tertiary/aromatic N) is 2. The van der Waals surface area contributed by atoms with Crippen molar-refractivity contribution < 1.29 is 9.53 Å². The molecule has 1 amide bonds. The molecule has 1 saturated heterocycles. The molecule has 0 aliphatic carbocycles. The molecule has 1 aromatic carbocycles. The number of amides is 1. The highest BCUT2D eigenvalue weighted by atomic mass is 32.1. The van der Waals surface area contributed by atoms with E-state index < -0.39 is 0 Å². The van der Waals surface area contributed by atoms with E-state index in [0.29, 0.717) is 11.2 Å². The Morgan fingerprint density at radius 1 is 1.38 bits per heavy atom. The summed E-state index contributed by atoms with van der Waals surface area (Å²) in [6.07, 6.45) is 5.72. The van der Waals surface area contributed by atoms with Crippen molar-refractivity contribution in [1.82, 2.24) is 9.88 Å². The van der Waals surface area contributed by atoms with Crippen molar-refractivity contribution in [2.75, 3.05) is 18.5 Å². The first kappa shape index (κ1) is 18.9. The highest BCUT2D eigenvalue weighted by Gasteiger charge is 2.19. The second kappa shape index (κ2) is 8.64. The second-order valence-corrected chi connectivity index (χ2v) is 8.10. The third-order valence-electron chi connectivity index (χ3n) is 5.01. The maximum atomic E-state index is 12.2. The summed E-state index contributed by atoms with van der Waals surface area (Å²) in [4.78, 5) is 20.2. The van der Waals surface area contributed by atoms with Gasteiger partial charge in [-0.1, -0.05) is 18.6 Å². The van der Waals surface area contributed by atoms with E-state index in [1.54, 1.807) is 11.3 Å². The Labute approximate surface area is 159 Å². The number of rotatable bonds is 6. The predicted octanol–water partition coefficient (Wildman–Crippen LogP) is 4.15. The van der Waals surface area contributed by atoms with Gasteiger partial charge in [0.1, 0.15) is 5.75 Å². The molecule has 1 atom stereocenters. The zero-order valence-corrected chi connectivity index (χ0v) is 16.6. The van der Waals surface area contributed by atoms with E-state index in [9.17, 15) is 4.79 Å². The summed E-state index contributed by atoms with van der Waals surface area (Å²) in [5.74, 6) is 0.567. The van der Waals surface area contributed by atoms with Crippen LogP contribution in [0.15, 0.2) is 24.4 Å². The lowest BCUT2D eigenvalue weighted by Gasteiger charge is -2.32. The van der Waals surface area contributed by atoms with Crippen molar-refractivity contribution in [3.63, 3.8) is 0 Å². The molecule has 0 spiro atoms. The quantitative estimate of drug-likeness (QED) is 0.826. The number of likely N-dealkylation sites (tertiary alicyclic amines) is 1. The summed E-state index contributed by atoms with van der Waals surface area (Å²) in [7, 11) is 0. The number of nitrogens with one attached hydrogen (secondary N) is 1. The molecule has 1 aliphatic rings. The van der Waals surface area contributed by atoms with E-state index in [0.717, 1.165) is 30.0 Å². The molecule has 0 radical (unpaired) electrons. The van der Waals surface area contributed by atoms with Crippen molar-refractivity contribution in [1.29, 1.82) is 0 Å². The minimum absolute atomic E-state index is 0.0115. The molecule has 1 N–H and O–H groups in total. The maximum Gasteiger partial charge on any atom is 0.264 e. The van der Waals surface area contributed by atoms with Crippen LogP contribution in [0, 0.1) is 13.8 Å². The van der Waals surface area contributed by atoms with Crippen molar-refractivity contribution >= 4 is 22.4 Å². The summed E-state index contributed by atoms with van der Waals surface area (Å²) in [5, 5.41) is 3.48. The van der Waals surface area contributed by atoms with Crippen LogP contribution in [0.5, 0.6) is 5.75 Å². The molecule has 1 aromatic heterocycles. The molecule has 2 heterocycles. The first-order chi connectivity index (χ1) is 12.5. The lowest BCUT2D eigenvalue weighted by Crippen LogP contribution is -2.36. The Morgan fingerprint density at radius 3 is 3.04 bits per heavy atom. The molecule has 140 valence electrons. The molecule has 1 unspecified atom stereocenters. The normalized spacial score (nSPS) is 17.9. The van der Waals surface area contributed by atoms with Gasteiger partial charge in [0.25, 0.3) is 5.91 Å². The van der Waals surface area contributed by atoms with Crippen molar-refractivity contribution in [3.8, 4) is 5.75 Å². The van der Waals surface area contributed by atoms with E-state index >= 15 is 0 Å². The number of thiazole rings is 1. The highest BCUT2D eigenvalue weighted by Crippen LogP contribution is 2.24. The fourth-order valence-electron chi connectivity index (χ4n) is 3.21. The summed E-state index contributed by atoms with van der Waals surface area (Å²) < 4.78 is 5.65. The van der Waals surface area contributed by atoms with E-state index in [4.69, 9.17) is 4.74 Å². The standard InChI is InChI=1S/C20H27N3O2S/c1-14-7-6-9-18(16(14)3)25-13-19(24)22-20-21-11-17(26-20)12-23-10-5-4-8-15(23)2/h6-7,9,11,15H,4-5,8,10,12-13H2,1-3H3,(H,21,22,24). The Hall–Kier alpha value is -1.92. The zero-order valence-electron chi connectivity index (χ0n) is 15.7. The highest BCUT2D eigenvalue weighted by molar-refractivity contribution is 7.15. The molecule has 26 heavy (non-hydrogen) atoms. The number of carbonyl (C=O) groups excluding carboxylic acids is 1. The fraction of sp³-hybridized carbons (Fsp3) is 0.500. The van der Waals surface area contributed by atoms with Crippen LogP contribution < -0.4 is 10.1 Å². The minimum atomic E-state index is -0.182. The number of hydrogen-bond donors (Lipinski definition) is 1. The maximum absolute atomic E-state index is 12.2. The number of benzene rings is 1. The number of carbonyl (C=O) groups is 1. The number of aromatic nitrogens is 1. The largest absolute Gasteiger partial charge is 0.483 e. The van der Waals surface area contributed by atoms with Crippen LogP contribution in [0.4, 0.5) is 5.13 Å². The van der Waals surface area contributed by atoms with Crippen molar-refractivity contribution in [2.45, 2.75) is 52.6 Å². The molecule has 0 bridgehead atoms. The summed E-state index contributed by atoms with van der Waals surface area (Å²) in [6, 6.07) is 6.47. The summed E-state index contributed by atoms with van der Waals surface area (Å²) in [5.41, 5.74) is 2.21. The van der Waals surface area contributed by atoms with Crippen LogP contribution in [0.3, 0.4) is 0 Å². The average molecular weight is 374 g/mol. The van der Waals surface area contributed by atoms with Gasteiger partial charge in [0.2, 0.25) is 0 Å². The van der Waals surface area contributed by atoms with E-state index in [1.807, 2.05) is 38.2 Å².